The van der Waals surface area contributed by atoms with E-state index in [0.29, 0.717) is 5.41 Å². The second kappa shape index (κ2) is 7.55. The van der Waals surface area contributed by atoms with E-state index in [1.165, 1.54) is 44.9 Å². The van der Waals surface area contributed by atoms with E-state index < -0.39 is 0 Å². The summed E-state index contributed by atoms with van der Waals surface area (Å²) in [4.78, 5) is 0. The molecule has 0 aromatic carbocycles. The second-order valence-electron chi connectivity index (χ2n) is 5.36. The van der Waals surface area contributed by atoms with Crippen molar-refractivity contribution in [1.82, 2.24) is 0 Å². The van der Waals surface area contributed by atoms with Gasteiger partial charge in [-0.05, 0) is 38.5 Å². The molecule has 0 unspecified atom stereocenters. The monoisotopic (exact) mass is 246 g/mol. The van der Waals surface area contributed by atoms with E-state index in [0.717, 1.165) is 25.0 Å². The summed E-state index contributed by atoms with van der Waals surface area (Å²) in [7, 11) is 0. The van der Waals surface area contributed by atoms with Crippen molar-refractivity contribution in [2.75, 3.05) is 19.1 Å². The van der Waals surface area contributed by atoms with Crippen LogP contribution in [0.1, 0.15) is 58.8 Å². The third-order valence-electron chi connectivity index (χ3n) is 4.03. The Morgan fingerprint density at radius 1 is 1.25 bits per heavy atom. The van der Waals surface area contributed by atoms with Crippen LogP contribution in [-0.4, -0.2) is 19.1 Å². The van der Waals surface area contributed by atoms with E-state index in [1.807, 2.05) is 0 Å². The molecule has 0 atom stereocenters. The van der Waals surface area contributed by atoms with Gasteiger partial charge in [-0.2, -0.15) is 0 Å². The van der Waals surface area contributed by atoms with Crippen LogP contribution in [0.4, 0.5) is 0 Å². The molecule has 0 spiro atoms. The highest BCUT2D eigenvalue weighted by molar-refractivity contribution is 6.18. The molecule has 0 heterocycles. The van der Waals surface area contributed by atoms with Gasteiger partial charge in [0.1, 0.15) is 0 Å². The molecule has 0 aromatic rings. The summed E-state index contributed by atoms with van der Waals surface area (Å²) in [6.07, 6.45) is 9.40. The van der Waals surface area contributed by atoms with Crippen molar-refractivity contribution < 1.29 is 4.74 Å². The van der Waals surface area contributed by atoms with Crippen LogP contribution in [0.25, 0.3) is 0 Å². The molecule has 96 valence electrons. The average molecular weight is 247 g/mol. The first kappa shape index (κ1) is 14.3. The minimum atomic E-state index is 0.292. The van der Waals surface area contributed by atoms with Crippen LogP contribution in [0.3, 0.4) is 0 Å². The molecule has 1 rings (SSSR count). The predicted molar refractivity (Wildman–Crippen MR) is 71.1 cm³/mol. The molecule has 1 aliphatic carbocycles. The number of halogens is 1. The number of unbranched alkanes of at least 4 members (excludes halogenated alkanes) is 1. The van der Waals surface area contributed by atoms with Gasteiger partial charge >= 0.3 is 0 Å². The first-order valence-electron chi connectivity index (χ1n) is 6.90. The Hall–Kier alpha value is 0.250. The molecule has 0 amide bonds. The van der Waals surface area contributed by atoms with Crippen LogP contribution in [0.2, 0.25) is 0 Å². The molecule has 1 nitrogen and oxygen atoms in total. The molecular weight excluding hydrogens is 220 g/mol. The lowest BCUT2D eigenvalue weighted by atomic mass is 9.71. The number of hydrogen-bond acceptors (Lipinski definition) is 1. The highest BCUT2D eigenvalue weighted by Crippen LogP contribution is 2.41. The Morgan fingerprint density at radius 3 is 2.44 bits per heavy atom. The summed E-state index contributed by atoms with van der Waals surface area (Å²) in [6.45, 7) is 6.03. The summed E-state index contributed by atoms with van der Waals surface area (Å²) >= 11 is 6.14. The van der Waals surface area contributed by atoms with Gasteiger partial charge in [-0.15, -0.1) is 11.6 Å². The fourth-order valence-corrected chi connectivity index (χ4v) is 3.05. The van der Waals surface area contributed by atoms with Gasteiger partial charge in [0.25, 0.3) is 0 Å². The largest absolute Gasteiger partial charge is 0.381 e. The SMILES string of the molecule is CCCCC1CCC(CCl)(COCC)CC1. The van der Waals surface area contributed by atoms with Crippen molar-refractivity contribution in [2.24, 2.45) is 11.3 Å². The van der Waals surface area contributed by atoms with Crippen LogP contribution < -0.4 is 0 Å². The Labute approximate surface area is 106 Å². The lowest BCUT2D eigenvalue weighted by Gasteiger charge is -2.38. The van der Waals surface area contributed by atoms with Crippen molar-refractivity contribution in [1.29, 1.82) is 0 Å². The quantitative estimate of drug-likeness (QED) is 0.596. The fraction of sp³-hybridized carbons (Fsp3) is 1.00. The van der Waals surface area contributed by atoms with Crippen molar-refractivity contribution in [2.45, 2.75) is 58.8 Å². The van der Waals surface area contributed by atoms with Gasteiger partial charge < -0.3 is 4.74 Å². The fourth-order valence-electron chi connectivity index (χ4n) is 2.71. The van der Waals surface area contributed by atoms with E-state index in [4.69, 9.17) is 16.3 Å². The first-order valence-corrected chi connectivity index (χ1v) is 7.43. The Morgan fingerprint density at radius 2 is 1.94 bits per heavy atom. The van der Waals surface area contributed by atoms with Gasteiger partial charge in [-0.1, -0.05) is 26.2 Å². The van der Waals surface area contributed by atoms with E-state index in [1.54, 1.807) is 0 Å². The molecule has 2 heteroatoms. The topological polar surface area (TPSA) is 9.23 Å². The number of ether oxygens (including phenoxy) is 1. The van der Waals surface area contributed by atoms with E-state index in [9.17, 15) is 0 Å². The summed E-state index contributed by atoms with van der Waals surface area (Å²) in [6, 6.07) is 0. The number of rotatable bonds is 7. The first-order chi connectivity index (χ1) is 7.76. The maximum atomic E-state index is 6.14. The third kappa shape index (κ3) is 4.25. The second-order valence-corrected chi connectivity index (χ2v) is 5.62. The molecule has 0 radical (unpaired) electrons. The van der Waals surface area contributed by atoms with E-state index in [-0.39, 0.29) is 0 Å². The van der Waals surface area contributed by atoms with Gasteiger partial charge in [-0.3, -0.25) is 0 Å². The zero-order valence-corrected chi connectivity index (χ0v) is 11.7. The van der Waals surface area contributed by atoms with Crippen LogP contribution >= 0.6 is 11.6 Å². The van der Waals surface area contributed by atoms with Gasteiger partial charge in [0.2, 0.25) is 0 Å². The maximum absolute atomic E-state index is 6.14. The van der Waals surface area contributed by atoms with Gasteiger partial charge in [0.05, 0.1) is 6.61 Å². The molecule has 0 aromatic heterocycles. The lowest BCUT2D eigenvalue weighted by molar-refractivity contribution is 0.0286. The summed E-state index contributed by atoms with van der Waals surface area (Å²) in [5.74, 6) is 1.73. The normalized spacial score (nSPS) is 30.6. The highest BCUT2D eigenvalue weighted by atomic mass is 35.5. The molecule has 0 aliphatic heterocycles. The van der Waals surface area contributed by atoms with Crippen molar-refractivity contribution in [3.63, 3.8) is 0 Å². The number of alkyl halides is 1. The van der Waals surface area contributed by atoms with Gasteiger partial charge in [0.15, 0.2) is 0 Å². The smallest absolute Gasteiger partial charge is 0.0533 e. The minimum absolute atomic E-state index is 0.292. The molecular formula is C14H27ClO. The molecule has 0 saturated heterocycles. The van der Waals surface area contributed by atoms with Gasteiger partial charge in [0, 0.05) is 17.9 Å². The molecule has 16 heavy (non-hydrogen) atoms. The summed E-state index contributed by atoms with van der Waals surface area (Å²) < 4.78 is 5.60. The lowest BCUT2D eigenvalue weighted by Crippen LogP contribution is -2.34. The molecule has 1 aliphatic rings. The summed E-state index contributed by atoms with van der Waals surface area (Å²) in [5.41, 5.74) is 0.292. The van der Waals surface area contributed by atoms with E-state index >= 15 is 0 Å². The Kier molecular flexibility index (Phi) is 6.75. The third-order valence-corrected chi connectivity index (χ3v) is 4.59. The predicted octanol–water partition coefficient (Wildman–Crippen LogP) is 4.63. The van der Waals surface area contributed by atoms with Crippen molar-refractivity contribution >= 4 is 11.6 Å². The molecule has 1 saturated carbocycles. The Balaban J connectivity index is 2.31. The highest BCUT2D eigenvalue weighted by Gasteiger charge is 2.34. The van der Waals surface area contributed by atoms with Gasteiger partial charge in [-0.25, -0.2) is 0 Å². The van der Waals surface area contributed by atoms with E-state index in [2.05, 4.69) is 13.8 Å². The standard InChI is InChI=1S/C14H27ClO/c1-3-5-6-13-7-9-14(11-15,10-8-13)12-16-4-2/h13H,3-12H2,1-2H3. The average Bonchev–Trinajstić information content (AvgIpc) is 2.35. The maximum Gasteiger partial charge on any atom is 0.0533 e. The molecule has 0 bridgehead atoms. The van der Waals surface area contributed by atoms with Crippen LogP contribution in [-0.2, 0) is 4.74 Å². The molecule has 0 N–H and O–H groups in total. The van der Waals surface area contributed by atoms with Crippen molar-refractivity contribution in [3.8, 4) is 0 Å². The number of hydrogen-bond donors (Lipinski definition) is 0. The zero-order valence-electron chi connectivity index (χ0n) is 10.9. The van der Waals surface area contributed by atoms with Crippen LogP contribution in [0.5, 0.6) is 0 Å². The molecule has 1 fully saturated rings. The Bertz CT molecular complexity index is 174. The zero-order chi connectivity index (χ0) is 11.9. The minimum Gasteiger partial charge on any atom is -0.381 e. The van der Waals surface area contributed by atoms with Crippen LogP contribution in [0.15, 0.2) is 0 Å². The van der Waals surface area contributed by atoms with Crippen molar-refractivity contribution in [3.05, 3.63) is 0 Å². The summed E-state index contributed by atoms with van der Waals surface area (Å²) in [5, 5.41) is 0. The van der Waals surface area contributed by atoms with Crippen LogP contribution in [0, 0.1) is 11.3 Å².